The Balaban J connectivity index is 1.78. The van der Waals surface area contributed by atoms with Crippen LogP contribution in [0, 0.1) is 0 Å². The highest BCUT2D eigenvalue weighted by molar-refractivity contribution is 5.95. The minimum Gasteiger partial charge on any atom is -0.351 e. The molecule has 0 saturated carbocycles. The molecule has 0 saturated heterocycles. The fourth-order valence-electron chi connectivity index (χ4n) is 4.36. The van der Waals surface area contributed by atoms with Gasteiger partial charge < -0.3 is 11.1 Å². The zero-order valence-electron chi connectivity index (χ0n) is 19.1. The van der Waals surface area contributed by atoms with Crippen LogP contribution >= 0.6 is 0 Å². The second-order valence-corrected chi connectivity index (χ2v) is 8.14. The van der Waals surface area contributed by atoms with Crippen molar-refractivity contribution in [1.82, 2.24) is 14.8 Å². The number of urea groups is 1. The van der Waals surface area contributed by atoms with Crippen LogP contribution in [-0.2, 0) is 6.67 Å². The van der Waals surface area contributed by atoms with Crippen LogP contribution in [0.25, 0.3) is 39.1 Å². The number of aromatic nitrogens is 3. The number of hydrogen-bond donors (Lipinski definition) is 3. The van der Waals surface area contributed by atoms with Gasteiger partial charge in [-0.25, -0.2) is 23.8 Å². The number of carbonyl (C=O) groups excluding carboxylic acids is 1. The van der Waals surface area contributed by atoms with Crippen molar-refractivity contribution in [3.8, 4) is 39.1 Å². The molecule has 4 N–H and O–H groups in total. The van der Waals surface area contributed by atoms with E-state index >= 15 is 0 Å². The summed E-state index contributed by atoms with van der Waals surface area (Å²) in [6.07, 6.45) is 1.34. The van der Waals surface area contributed by atoms with Crippen molar-refractivity contribution in [3.05, 3.63) is 113 Å². The van der Waals surface area contributed by atoms with Crippen molar-refractivity contribution < 1.29 is 9.18 Å². The fourth-order valence-corrected chi connectivity index (χ4v) is 4.36. The van der Waals surface area contributed by atoms with E-state index in [1.54, 1.807) is 18.2 Å². The Labute approximate surface area is 206 Å². The maximum atomic E-state index is 14.0. The molecule has 4 aromatic carbocycles. The average molecular weight is 480 g/mol. The van der Waals surface area contributed by atoms with Crippen LogP contribution in [0.4, 0.5) is 14.9 Å². The first-order valence-electron chi connectivity index (χ1n) is 11.2. The van der Waals surface area contributed by atoms with Crippen LogP contribution in [0.1, 0.15) is 5.56 Å². The van der Waals surface area contributed by atoms with Gasteiger partial charge in [0.1, 0.15) is 13.0 Å². The minimum atomic E-state index is -0.743. The molecule has 0 aliphatic heterocycles. The van der Waals surface area contributed by atoms with Crippen molar-refractivity contribution in [2.24, 2.45) is 5.73 Å². The van der Waals surface area contributed by atoms with Gasteiger partial charge in [-0.2, -0.15) is 4.98 Å². The number of carbonyl (C=O) groups is 1. The molecule has 0 atom stereocenters. The molecule has 1 aromatic heterocycles. The van der Waals surface area contributed by atoms with Crippen LogP contribution in [0.5, 0.6) is 0 Å². The summed E-state index contributed by atoms with van der Waals surface area (Å²) in [6, 6.07) is 27.8. The first kappa shape index (κ1) is 22.8. The summed E-state index contributed by atoms with van der Waals surface area (Å²) in [7, 11) is 0. The third-order valence-corrected chi connectivity index (χ3v) is 5.91. The maximum Gasteiger partial charge on any atom is 0.361 e. The predicted molar refractivity (Wildman–Crippen MR) is 139 cm³/mol. The molecule has 178 valence electrons. The number of H-pyrrole nitrogens is 1. The van der Waals surface area contributed by atoms with E-state index < -0.39 is 18.4 Å². The summed E-state index contributed by atoms with van der Waals surface area (Å²) in [5.41, 5.74) is 11.4. The Morgan fingerprint density at radius 1 is 0.861 bits per heavy atom. The number of anilines is 1. The van der Waals surface area contributed by atoms with E-state index in [2.05, 4.69) is 15.4 Å². The lowest BCUT2D eigenvalue weighted by molar-refractivity contribution is 0.259. The number of hydrogen-bond acceptors (Lipinski definition) is 3. The average Bonchev–Trinajstić information content (AvgIpc) is 3.34. The molecular formula is C28H22FN5O2. The lowest BCUT2D eigenvalue weighted by Crippen LogP contribution is -2.21. The summed E-state index contributed by atoms with van der Waals surface area (Å²) >= 11 is 0. The normalized spacial score (nSPS) is 10.8. The number of halogens is 1. The Hall–Kier alpha value is -4.98. The largest absolute Gasteiger partial charge is 0.361 e. The topological polar surface area (TPSA) is 106 Å². The van der Waals surface area contributed by atoms with Gasteiger partial charge in [0.15, 0.2) is 0 Å². The maximum absolute atomic E-state index is 14.0. The van der Waals surface area contributed by atoms with Crippen LogP contribution < -0.4 is 16.7 Å². The van der Waals surface area contributed by atoms with Gasteiger partial charge >= 0.3 is 11.7 Å². The molecule has 0 unspecified atom stereocenters. The van der Waals surface area contributed by atoms with E-state index in [4.69, 9.17) is 5.73 Å². The van der Waals surface area contributed by atoms with Crippen LogP contribution in [0.3, 0.4) is 0 Å². The highest BCUT2D eigenvalue weighted by atomic mass is 19.1. The zero-order valence-corrected chi connectivity index (χ0v) is 19.1. The number of nitrogens with zero attached hydrogens (tertiary/aromatic N) is 2. The second-order valence-electron chi connectivity index (χ2n) is 8.14. The summed E-state index contributed by atoms with van der Waals surface area (Å²) in [6.45, 7) is -0.603. The van der Waals surface area contributed by atoms with Gasteiger partial charge in [-0.15, -0.1) is 0 Å². The first-order chi connectivity index (χ1) is 17.5. The number of nitrogens with one attached hydrogen (secondary N) is 2. The molecule has 8 heteroatoms. The van der Waals surface area contributed by atoms with Gasteiger partial charge in [0.25, 0.3) is 0 Å². The Morgan fingerprint density at radius 2 is 1.61 bits per heavy atom. The van der Waals surface area contributed by atoms with Crippen LogP contribution in [0.2, 0.25) is 0 Å². The molecule has 5 aromatic rings. The number of rotatable bonds is 6. The molecule has 7 nitrogen and oxygen atoms in total. The van der Waals surface area contributed by atoms with E-state index in [1.165, 1.54) is 11.0 Å². The van der Waals surface area contributed by atoms with Crippen molar-refractivity contribution in [2.75, 3.05) is 5.32 Å². The van der Waals surface area contributed by atoms with Crippen molar-refractivity contribution in [3.63, 3.8) is 0 Å². The van der Waals surface area contributed by atoms with Crippen molar-refractivity contribution in [1.29, 1.82) is 0 Å². The molecule has 0 radical (unpaired) electrons. The number of primary amides is 1. The van der Waals surface area contributed by atoms with Crippen molar-refractivity contribution in [2.45, 2.75) is 6.67 Å². The van der Waals surface area contributed by atoms with Gasteiger partial charge in [-0.3, -0.25) is 0 Å². The van der Waals surface area contributed by atoms with E-state index in [0.29, 0.717) is 22.5 Å². The number of benzene rings is 4. The number of alkyl halides is 1. The van der Waals surface area contributed by atoms with Gasteiger partial charge in [0, 0.05) is 5.56 Å². The van der Waals surface area contributed by atoms with Gasteiger partial charge in [-0.1, -0.05) is 78.9 Å². The second kappa shape index (κ2) is 9.71. The minimum absolute atomic E-state index is 0.395. The van der Waals surface area contributed by atoms with Crippen molar-refractivity contribution >= 4 is 11.7 Å². The molecule has 0 aliphatic carbocycles. The quantitative estimate of drug-likeness (QED) is 0.298. The molecule has 0 fully saturated rings. The SMILES string of the molecule is NC(=O)Nc1cccc(-c2ccc(-c3ccccc3)c(-c3ccccc3CF)c2)c1-n1cnc(=O)[nH]1. The standard InChI is InChI=1S/C28H22FN5O2/c29-16-20-9-4-5-10-21(20)24-15-19(13-14-22(24)18-7-2-1-3-8-18)23-11-6-12-25(32-27(30)35)26(23)34-17-31-28(36)33-34/h1-15,17H,16H2,(H,33,36)(H3,30,32,35). The number of aromatic amines is 1. The zero-order chi connectivity index (χ0) is 25.1. The fraction of sp³-hybridized carbons (Fsp3) is 0.0357. The molecule has 2 amide bonds. The third-order valence-electron chi connectivity index (χ3n) is 5.91. The first-order valence-corrected chi connectivity index (χ1v) is 11.2. The lowest BCUT2D eigenvalue weighted by atomic mass is 9.89. The predicted octanol–water partition coefficient (Wildman–Crippen LogP) is 5.52. The summed E-state index contributed by atoms with van der Waals surface area (Å²) in [5, 5.41) is 5.24. The van der Waals surface area contributed by atoms with E-state index in [1.807, 2.05) is 72.8 Å². The lowest BCUT2D eigenvalue weighted by Gasteiger charge is -2.18. The Bertz CT molecular complexity index is 1610. The molecule has 0 bridgehead atoms. The molecule has 1 heterocycles. The molecular weight excluding hydrogens is 457 g/mol. The molecule has 36 heavy (non-hydrogen) atoms. The van der Waals surface area contributed by atoms with Crippen LogP contribution in [0.15, 0.2) is 102 Å². The van der Waals surface area contributed by atoms with Crippen LogP contribution in [-0.4, -0.2) is 20.8 Å². The van der Waals surface area contributed by atoms with Gasteiger partial charge in [0.05, 0.1) is 11.4 Å². The highest BCUT2D eigenvalue weighted by Gasteiger charge is 2.18. The summed E-state index contributed by atoms with van der Waals surface area (Å²) in [5.74, 6) is 0. The summed E-state index contributed by atoms with van der Waals surface area (Å²) < 4.78 is 15.4. The van der Waals surface area contributed by atoms with E-state index in [-0.39, 0.29) is 0 Å². The van der Waals surface area contributed by atoms with E-state index in [0.717, 1.165) is 27.8 Å². The summed E-state index contributed by atoms with van der Waals surface area (Å²) in [4.78, 5) is 27.3. The highest BCUT2D eigenvalue weighted by Crippen LogP contribution is 2.40. The smallest absolute Gasteiger partial charge is 0.351 e. The van der Waals surface area contributed by atoms with Gasteiger partial charge in [0.2, 0.25) is 0 Å². The number of para-hydroxylation sites is 1. The van der Waals surface area contributed by atoms with E-state index in [9.17, 15) is 14.0 Å². The monoisotopic (exact) mass is 479 g/mol. The molecule has 0 aliphatic rings. The Morgan fingerprint density at radius 3 is 2.33 bits per heavy atom. The molecule has 5 rings (SSSR count). The third kappa shape index (κ3) is 4.39. The van der Waals surface area contributed by atoms with Gasteiger partial charge in [-0.05, 0) is 45.5 Å². The number of amides is 2. The number of nitrogens with two attached hydrogens (primary N) is 1. The molecule has 0 spiro atoms. The Kier molecular flexibility index (Phi) is 6.15.